The molecule has 0 aliphatic carbocycles. The van der Waals surface area contributed by atoms with Crippen molar-refractivity contribution in [3.05, 3.63) is 35.5 Å². The third-order valence-corrected chi connectivity index (χ3v) is 2.52. The molecule has 0 aliphatic heterocycles. The van der Waals surface area contributed by atoms with Crippen LogP contribution >= 0.6 is 0 Å². The van der Waals surface area contributed by atoms with Crippen LogP contribution in [-0.4, -0.2) is 9.97 Å². The Labute approximate surface area is 94.5 Å². The topological polar surface area (TPSA) is 25.8 Å². The summed E-state index contributed by atoms with van der Waals surface area (Å²) in [6, 6.07) is 4.63. The van der Waals surface area contributed by atoms with E-state index < -0.39 is 0 Å². The number of hydrogen-bond donors (Lipinski definition) is 0. The highest BCUT2D eigenvalue weighted by atomic mass is 19.1. The lowest BCUT2D eigenvalue weighted by Gasteiger charge is -2.17. The Kier molecular flexibility index (Phi) is 2.41. The summed E-state index contributed by atoms with van der Waals surface area (Å²) in [6.45, 7) is 8.07. The van der Waals surface area contributed by atoms with Gasteiger partial charge in [0.2, 0.25) is 0 Å². The van der Waals surface area contributed by atoms with Gasteiger partial charge in [-0.3, -0.25) is 0 Å². The summed E-state index contributed by atoms with van der Waals surface area (Å²) in [5, 5.41) is 0.911. The predicted octanol–water partition coefficient (Wildman–Crippen LogP) is 3.37. The Morgan fingerprint density at radius 1 is 1.12 bits per heavy atom. The van der Waals surface area contributed by atoms with Gasteiger partial charge < -0.3 is 0 Å². The lowest BCUT2D eigenvalue weighted by molar-refractivity contribution is 0.546. The molecular weight excluding hydrogens is 203 g/mol. The Morgan fingerprint density at radius 2 is 1.81 bits per heavy atom. The fourth-order valence-corrected chi connectivity index (χ4v) is 1.60. The molecule has 0 unspecified atom stereocenters. The second-order valence-corrected chi connectivity index (χ2v) is 5.04. The van der Waals surface area contributed by atoms with E-state index in [0.29, 0.717) is 5.52 Å². The maximum atomic E-state index is 13.1. The van der Waals surface area contributed by atoms with Crippen molar-refractivity contribution in [2.45, 2.75) is 33.1 Å². The fourth-order valence-electron chi connectivity index (χ4n) is 1.60. The summed E-state index contributed by atoms with van der Waals surface area (Å²) in [7, 11) is 0. The average Bonchev–Trinajstić information content (AvgIpc) is 2.15. The van der Waals surface area contributed by atoms with E-state index in [0.717, 1.165) is 16.9 Å². The first kappa shape index (κ1) is 11.0. The Morgan fingerprint density at radius 3 is 2.44 bits per heavy atom. The number of aromatic nitrogens is 2. The molecule has 0 atom stereocenters. The van der Waals surface area contributed by atoms with Crippen LogP contribution < -0.4 is 0 Å². The molecule has 16 heavy (non-hydrogen) atoms. The minimum Gasteiger partial charge on any atom is -0.237 e. The van der Waals surface area contributed by atoms with Crippen LogP contribution in [0.5, 0.6) is 0 Å². The van der Waals surface area contributed by atoms with Crippen LogP contribution in [-0.2, 0) is 5.41 Å². The van der Waals surface area contributed by atoms with Gasteiger partial charge in [-0.25, -0.2) is 14.4 Å². The van der Waals surface area contributed by atoms with Crippen molar-refractivity contribution >= 4 is 10.9 Å². The molecular formula is C13H15FN2. The minimum absolute atomic E-state index is 0.120. The molecule has 0 saturated heterocycles. The number of rotatable bonds is 0. The normalized spacial score (nSPS) is 12.1. The van der Waals surface area contributed by atoms with Crippen LogP contribution in [0.1, 0.15) is 32.3 Å². The molecule has 2 aromatic rings. The fraction of sp³-hybridized carbons (Fsp3) is 0.385. The maximum absolute atomic E-state index is 13.1. The van der Waals surface area contributed by atoms with E-state index in [-0.39, 0.29) is 11.2 Å². The molecule has 0 radical (unpaired) electrons. The molecule has 0 bridgehead atoms. The van der Waals surface area contributed by atoms with Gasteiger partial charge >= 0.3 is 0 Å². The molecule has 0 saturated carbocycles. The maximum Gasteiger partial charge on any atom is 0.134 e. The molecule has 0 fully saturated rings. The molecule has 2 nitrogen and oxygen atoms in total. The highest BCUT2D eigenvalue weighted by molar-refractivity contribution is 5.80. The molecule has 1 aromatic carbocycles. The molecule has 3 heteroatoms. The van der Waals surface area contributed by atoms with E-state index in [4.69, 9.17) is 0 Å². The van der Waals surface area contributed by atoms with Gasteiger partial charge in [-0.2, -0.15) is 0 Å². The van der Waals surface area contributed by atoms with Gasteiger partial charge in [0, 0.05) is 22.6 Å². The van der Waals surface area contributed by atoms with E-state index >= 15 is 0 Å². The quantitative estimate of drug-likeness (QED) is 0.677. The standard InChI is InChI=1S/C13H15FN2/c1-8-10-6-5-9(14)7-11(10)16-12(15-8)13(2,3)4/h5-7H,1-4H3. The van der Waals surface area contributed by atoms with Crippen LogP contribution in [0.25, 0.3) is 10.9 Å². The number of benzene rings is 1. The zero-order valence-corrected chi connectivity index (χ0v) is 10.0. The van der Waals surface area contributed by atoms with E-state index in [2.05, 4.69) is 9.97 Å². The van der Waals surface area contributed by atoms with Crippen molar-refractivity contribution in [1.82, 2.24) is 9.97 Å². The zero-order chi connectivity index (χ0) is 11.9. The zero-order valence-electron chi connectivity index (χ0n) is 10.0. The molecule has 1 heterocycles. The molecule has 1 aromatic heterocycles. The summed E-state index contributed by atoms with van der Waals surface area (Å²) in [5.74, 6) is 0.494. The first-order chi connectivity index (χ1) is 7.38. The number of nitrogens with zero attached hydrogens (tertiary/aromatic N) is 2. The smallest absolute Gasteiger partial charge is 0.134 e. The van der Waals surface area contributed by atoms with Gasteiger partial charge in [-0.05, 0) is 19.1 Å². The first-order valence-electron chi connectivity index (χ1n) is 5.32. The Hall–Kier alpha value is -1.51. The van der Waals surface area contributed by atoms with Crippen molar-refractivity contribution in [2.24, 2.45) is 0 Å². The number of hydrogen-bond acceptors (Lipinski definition) is 2. The predicted molar refractivity (Wildman–Crippen MR) is 62.9 cm³/mol. The van der Waals surface area contributed by atoms with E-state index in [1.165, 1.54) is 12.1 Å². The Balaban J connectivity index is 2.75. The molecule has 0 N–H and O–H groups in total. The second-order valence-electron chi connectivity index (χ2n) is 5.04. The Bertz CT molecular complexity index is 541. The van der Waals surface area contributed by atoms with Crippen LogP contribution in [0.15, 0.2) is 18.2 Å². The lowest BCUT2D eigenvalue weighted by Crippen LogP contribution is -2.16. The highest BCUT2D eigenvalue weighted by Crippen LogP contribution is 2.23. The minimum atomic E-state index is -0.259. The third kappa shape index (κ3) is 1.90. The van der Waals surface area contributed by atoms with E-state index in [1.54, 1.807) is 6.07 Å². The summed E-state index contributed by atoms with van der Waals surface area (Å²) < 4.78 is 13.1. The third-order valence-electron chi connectivity index (χ3n) is 2.52. The number of fused-ring (bicyclic) bond motifs is 1. The molecule has 0 spiro atoms. The molecule has 0 amide bonds. The summed E-state index contributed by atoms with van der Waals surface area (Å²) >= 11 is 0. The summed E-state index contributed by atoms with van der Waals surface area (Å²) in [4.78, 5) is 8.89. The largest absolute Gasteiger partial charge is 0.237 e. The first-order valence-corrected chi connectivity index (χ1v) is 5.32. The SMILES string of the molecule is Cc1nc(C(C)(C)C)nc2cc(F)ccc12. The van der Waals surface area contributed by atoms with Crippen molar-refractivity contribution in [3.8, 4) is 0 Å². The lowest BCUT2D eigenvalue weighted by atomic mass is 9.95. The van der Waals surface area contributed by atoms with Gasteiger partial charge in [0.1, 0.15) is 11.6 Å². The molecule has 0 aliphatic rings. The van der Waals surface area contributed by atoms with Gasteiger partial charge in [-0.15, -0.1) is 0 Å². The summed E-state index contributed by atoms with van der Waals surface area (Å²) in [6.07, 6.45) is 0. The average molecular weight is 218 g/mol. The molecule has 84 valence electrons. The number of aryl methyl sites for hydroxylation is 1. The van der Waals surface area contributed by atoms with Crippen LogP contribution in [0, 0.1) is 12.7 Å². The van der Waals surface area contributed by atoms with E-state index in [1.807, 2.05) is 27.7 Å². The summed E-state index contributed by atoms with van der Waals surface area (Å²) in [5.41, 5.74) is 1.46. The molecule has 2 rings (SSSR count). The van der Waals surface area contributed by atoms with Crippen molar-refractivity contribution < 1.29 is 4.39 Å². The second kappa shape index (κ2) is 3.51. The van der Waals surface area contributed by atoms with Crippen LogP contribution in [0.4, 0.5) is 4.39 Å². The van der Waals surface area contributed by atoms with Crippen molar-refractivity contribution in [3.63, 3.8) is 0 Å². The monoisotopic (exact) mass is 218 g/mol. The van der Waals surface area contributed by atoms with E-state index in [9.17, 15) is 4.39 Å². The van der Waals surface area contributed by atoms with Crippen LogP contribution in [0.2, 0.25) is 0 Å². The number of halogens is 1. The van der Waals surface area contributed by atoms with Crippen molar-refractivity contribution in [1.29, 1.82) is 0 Å². The van der Waals surface area contributed by atoms with Gasteiger partial charge in [0.25, 0.3) is 0 Å². The van der Waals surface area contributed by atoms with Gasteiger partial charge in [-0.1, -0.05) is 20.8 Å². The van der Waals surface area contributed by atoms with Gasteiger partial charge in [0.05, 0.1) is 5.52 Å². The van der Waals surface area contributed by atoms with Gasteiger partial charge in [0.15, 0.2) is 0 Å². The van der Waals surface area contributed by atoms with Crippen molar-refractivity contribution in [2.75, 3.05) is 0 Å². The highest BCUT2D eigenvalue weighted by Gasteiger charge is 2.18. The van der Waals surface area contributed by atoms with Crippen LogP contribution in [0.3, 0.4) is 0 Å².